The van der Waals surface area contributed by atoms with Crippen LogP contribution in [0.5, 0.6) is 11.5 Å². The van der Waals surface area contributed by atoms with E-state index in [0.717, 1.165) is 41.1 Å². The van der Waals surface area contributed by atoms with Gasteiger partial charge in [-0.2, -0.15) is 18.3 Å². The third-order valence-electron chi connectivity index (χ3n) is 4.68. The van der Waals surface area contributed by atoms with E-state index >= 15 is 0 Å². The Bertz CT molecular complexity index is 1230. The third-order valence-corrected chi connectivity index (χ3v) is 4.68. The van der Waals surface area contributed by atoms with Crippen molar-refractivity contribution in [3.8, 4) is 11.5 Å². The summed E-state index contributed by atoms with van der Waals surface area (Å²) in [5.41, 5.74) is -1.78. The van der Waals surface area contributed by atoms with E-state index in [9.17, 15) is 36.9 Å². The van der Waals surface area contributed by atoms with Crippen molar-refractivity contribution in [2.45, 2.75) is 32.5 Å². The Hall–Kier alpha value is -4.03. The van der Waals surface area contributed by atoms with Gasteiger partial charge in [0.1, 0.15) is 23.2 Å². The first-order valence-electron chi connectivity index (χ1n) is 9.65. The van der Waals surface area contributed by atoms with Gasteiger partial charge in [-0.05, 0) is 38.1 Å². The molecule has 3 aromatic rings. The molecule has 1 heterocycles. The van der Waals surface area contributed by atoms with E-state index in [1.54, 1.807) is 0 Å². The minimum absolute atomic E-state index is 0.0908. The number of nitro groups is 1. The second-order valence-electron chi connectivity index (χ2n) is 7.22. The van der Waals surface area contributed by atoms with Crippen LogP contribution in [0, 0.1) is 17.0 Å². The van der Waals surface area contributed by atoms with Gasteiger partial charge in [0.05, 0.1) is 22.2 Å². The molecule has 13 heteroatoms. The molecule has 0 aliphatic heterocycles. The van der Waals surface area contributed by atoms with Crippen molar-refractivity contribution in [3.63, 3.8) is 0 Å². The molecule has 1 amide bonds. The Labute approximate surface area is 189 Å². The molecule has 1 unspecified atom stereocenters. The van der Waals surface area contributed by atoms with Crippen molar-refractivity contribution < 1.29 is 36.4 Å². The first kappa shape index (κ1) is 24.6. The number of amides is 1. The summed E-state index contributed by atoms with van der Waals surface area (Å²) in [7, 11) is 0. The number of non-ortho nitro benzene ring substituents is 1. The van der Waals surface area contributed by atoms with E-state index in [-0.39, 0.29) is 17.2 Å². The van der Waals surface area contributed by atoms with Crippen molar-refractivity contribution in [2.75, 3.05) is 5.32 Å². The molecule has 3 rings (SSSR count). The SMILES string of the molecule is Cc1cc(C(F)F)nn1C(C)C(=O)Nc1cc(Oc2cccc(C(F)(F)F)c2)cc([N+](=O)[O-])c1. The molecule has 0 bridgehead atoms. The van der Waals surface area contributed by atoms with Crippen LogP contribution >= 0.6 is 0 Å². The highest BCUT2D eigenvalue weighted by atomic mass is 19.4. The Morgan fingerprint density at radius 3 is 2.44 bits per heavy atom. The van der Waals surface area contributed by atoms with Crippen molar-refractivity contribution in [3.05, 3.63) is 75.6 Å². The molecule has 34 heavy (non-hydrogen) atoms. The first-order valence-corrected chi connectivity index (χ1v) is 9.65. The van der Waals surface area contributed by atoms with Crippen LogP contribution in [0.3, 0.4) is 0 Å². The largest absolute Gasteiger partial charge is 0.457 e. The molecular formula is C21H17F5N4O4. The summed E-state index contributed by atoms with van der Waals surface area (Å²) in [6.07, 6.45) is -7.45. The fraction of sp³-hybridized carbons (Fsp3) is 0.238. The normalized spacial score (nSPS) is 12.5. The lowest BCUT2D eigenvalue weighted by molar-refractivity contribution is -0.384. The van der Waals surface area contributed by atoms with E-state index in [1.165, 1.54) is 26.0 Å². The molecule has 1 aromatic heterocycles. The Balaban J connectivity index is 1.86. The van der Waals surface area contributed by atoms with Crippen LogP contribution in [0.4, 0.5) is 33.3 Å². The van der Waals surface area contributed by atoms with Gasteiger partial charge in [0.15, 0.2) is 0 Å². The Morgan fingerprint density at radius 1 is 1.15 bits per heavy atom. The molecule has 1 N–H and O–H groups in total. The number of carbonyl (C=O) groups is 1. The molecule has 0 saturated heterocycles. The number of nitro benzene ring substituents is 1. The highest BCUT2D eigenvalue weighted by molar-refractivity contribution is 5.94. The van der Waals surface area contributed by atoms with Gasteiger partial charge >= 0.3 is 6.18 Å². The Kier molecular flexibility index (Phi) is 6.84. The van der Waals surface area contributed by atoms with Crippen LogP contribution < -0.4 is 10.1 Å². The minimum Gasteiger partial charge on any atom is -0.457 e. The zero-order valence-corrected chi connectivity index (χ0v) is 17.6. The van der Waals surface area contributed by atoms with Gasteiger partial charge in [-0.15, -0.1) is 0 Å². The van der Waals surface area contributed by atoms with E-state index in [4.69, 9.17) is 4.74 Å². The highest BCUT2D eigenvalue weighted by Gasteiger charge is 2.30. The third kappa shape index (κ3) is 5.66. The summed E-state index contributed by atoms with van der Waals surface area (Å²) in [6.45, 7) is 2.87. The number of hydrogen-bond donors (Lipinski definition) is 1. The summed E-state index contributed by atoms with van der Waals surface area (Å²) in [6, 6.07) is 7.15. The van der Waals surface area contributed by atoms with Gasteiger partial charge in [-0.25, -0.2) is 8.78 Å². The van der Waals surface area contributed by atoms with Crippen LogP contribution in [0.25, 0.3) is 0 Å². The maximum absolute atomic E-state index is 12.9. The Morgan fingerprint density at radius 2 is 1.85 bits per heavy atom. The number of hydrogen-bond acceptors (Lipinski definition) is 5. The monoisotopic (exact) mass is 484 g/mol. The molecule has 0 spiro atoms. The molecular weight excluding hydrogens is 467 g/mol. The first-order chi connectivity index (χ1) is 15.8. The average molecular weight is 484 g/mol. The summed E-state index contributed by atoms with van der Waals surface area (Å²) < 4.78 is 71.0. The lowest BCUT2D eigenvalue weighted by Gasteiger charge is -2.15. The highest BCUT2D eigenvalue weighted by Crippen LogP contribution is 2.34. The van der Waals surface area contributed by atoms with Crippen molar-refractivity contribution in [2.24, 2.45) is 0 Å². The molecule has 0 radical (unpaired) electrons. The number of alkyl halides is 5. The fourth-order valence-electron chi connectivity index (χ4n) is 3.06. The molecule has 8 nitrogen and oxygen atoms in total. The second-order valence-corrected chi connectivity index (χ2v) is 7.22. The predicted octanol–water partition coefficient (Wildman–Crippen LogP) is 6.05. The number of ether oxygens (including phenoxy) is 1. The molecule has 0 aliphatic rings. The van der Waals surface area contributed by atoms with E-state index in [1.807, 2.05) is 0 Å². The lowest BCUT2D eigenvalue weighted by Crippen LogP contribution is -2.25. The summed E-state index contributed by atoms with van der Waals surface area (Å²) in [5.74, 6) is -1.16. The molecule has 0 fully saturated rings. The van der Waals surface area contributed by atoms with Crippen LogP contribution in [0.1, 0.15) is 36.3 Å². The van der Waals surface area contributed by atoms with Crippen LogP contribution in [0.15, 0.2) is 48.5 Å². The number of anilines is 1. The van der Waals surface area contributed by atoms with Crippen molar-refractivity contribution in [1.29, 1.82) is 0 Å². The molecule has 0 saturated carbocycles. The topological polar surface area (TPSA) is 99.3 Å². The van der Waals surface area contributed by atoms with Crippen LogP contribution in [-0.2, 0) is 11.0 Å². The molecule has 1 atom stereocenters. The zero-order valence-electron chi connectivity index (χ0n) is 17.6. The van der Waals surface area contributed by atoms with Gasteiger partial charge in [0.25, 0.3) is 12.1 Å². The number of benzene rings is 2. The number of nitrogens with one attached hydrogen (secondary N) is 1. The van der Waals surface area contributed by atoms with Gasteiger partial charge in [-0.1, -0.05) is 6.07 Å². The van der Waals surface area contributed by atoms with Gasteiger partial charge in [-0.3, -0.25) is 19.6 Å². The number of halogens is 5. The maximum Gasteiger partial charge on any atom is 0.416 e. The number of carbonyl (C=O) groups excluding carboxylic acids is 1. The summed E-state index contributed by atoms with van der Waals surface area (Å²) in [4.78, 5) is 23.2. The molecule has 180 valence electrons. The predicted molar refractivity (Wildman–Crippen MR) is 110 cm³/mol. The van der Waals surface area contributed by atoms with Crippen LogP contribution in [-0.4, -0.2) is 20.6 Å². The van der Waals surface area contributed by atoms with Crippen LogP contribution in [0.2, 0.25) is 0 Å². The standard InChI is InChI=1S/C21H17F5N4O4/c1-11-6-18(19(22)23)28-29(11)12(2)20(31)27-14-8-15(30(32)33)10-17(9-14)34-16-5-3-4-13(7-16)21(24,25)26/h3-10,12,19H,1-2H3,(H,27,31). The number of aromatic nitrogens is 2. The smallest absolute Gasteiger partial charge is 0.416 e. The van der Waals surface area contributed by atoms with Crippen molar-refractivity contribution in [1.82, 2.24) is 9.78 Å². The lowest BCUT2D eigenvalue weighted by atomic mass is 10.2. The van der Waals surface area contributed by atoms with Gasteiger partial charge in [0, 0.05) is 17.8 Å². The van der Waals surface area contributed by atoms with E-state index in [2.05, 4.69) is 10.4 Å². The van der Waals surface area contributed by atoms with Gasteiger partial charge < -0.3 is 10.1 Å². The van der Waals surface area contributed by atoms with E-state index < -0.39 is 46.4 Å². The van der Waals surface area contributed by atoms with E-state index in [0.29, 0.717) is 5.69 Å². The zero-order chi connectivity index (χ0) is 25.2. The number of aryl methyl sites for hydroxylation is 1. The molecule has 0 aliphatic carbocycles. The fourth-order valence-corrected chi connectivity index (χ4v) is 3.06. The maximum atomic E-state index is 12.9. The summed E-state index contributed by atoms with van der Waals surface area (Å²) in [5, 5.41) is 17.4. The summed E-state index contributed by atoms with van der Waals surface area (Å²) >= 11 is 0. The number of rotatable bonds is 7. The molecule has 2 aromatic carbocycles. The average Bonchev–Trinajstić information content (AvgIpc) is 3.14. The van der Waals surface area contributed by atoms with Gasteiger partial charge in [0.2, 0.25) is 5.91 Å². The minimum atomic E-state index is -4.62. The van der Waals surface area contributed by atoms with Crippen molar-refractivity contribution >= 4 is 17.3 Å². The quantitative estimate of drug-likeness (QED) is 0.250. The second kappa shape index (κ2) is 9.45. The number of nitrogens with zero attached hydrogens (tertiary/aromatic N) is 3.